The summed E-state index contributed by atoms with van der Waals surface area (Å²) in [6.45, 7) is 3.10. The van der Waals surface area contributed by atoms with Gasteiger partial charge < -0.3 is 15.2 Å². The van der Waals surface area contributed by atoms with Crippen LogP contribution in [0.5, 0.6) is 0 Å². The van der Waals surface area contributed by atoms with Crippen molar-refractivity contribution in [3.63, 3.8) is 0 Å². The van der Waals surface area contributed by atoms with Gasteiger partial charge in [-0.05, 0) is 37.8 Å². The van der Waals surface area contributed by atoms with Crippen molar-refractivity contribution in [2.45, 2.75) is 32.3 Å². The van der Waals surface area contributed by atoms with Gasteiger partial charge in [-0.3, -0.25) is 4.79 Å². The number of amides is 1. The quantitative estimate of drug-likeness (QED) is 0.834. The van der Waals surface area contributed by atoms with Gasteiger partial charge in [-0.15, -0.1) is 11.3 Å². The van der Waals surface area contributed by atoms with Gasteiger partial charge in [-0.2, -0.15) is 0 Å². The third-order valence-electron chi connectivity index (χ3n) is 3.19. The van der Waals surface area contributed by atoms with Crippen molar-refractivity contribution >= 4 is 17.2 Å². The molecule has 108 valence electrons. The van der Waals surface area contributed by atoms with Crippen LogP contribution in [0.15, 0.2) is 6.07 Å². The van der Waals surface area contributed by atoms with E-state index < -0.39 is 0 Å². The third kappa shape index (κ3) is 4.07. The molecular weight excluding hydrogens is 274 g/mol. The summed E-state index contributed by atoms with van der Waals surface area (Å²) in [7, 11) is 0. The predicted octanol–water partition coefficient (Wildman–Crippen LogP) is 1.70. The van der Waals surface area contributed by atoms with Crippen molar-refractivity contribution in [3.8, 4) is 11.8 Å². The summed E-state index contributed by atoms with van der Waals surface area (Å²) in [5.41, 5.74) is 0.968. The molecule has 1 aromatic rings. The molecule has 0 saturated carbocycles. The SMILES string of the molecule is Cc1cc(C(=O)NCC2CCCCO2)sc1C#CCO. The van der Waals surface area contributed by atoms with Crippen LogP contribution in [0.3, 0.4) is 0 Å². The molecule has 2 heterocycles. The van der Waals surface area contributed by atoms with Gasteiger partial charge in [0.15, 0.2) is 0 Å². The number of aryl methyl sites for hydroxylation is 1. The van der Waals surface area contributed by atoms with Crippen LogP contribution in [0.4, 0.5) is 0 Å². The second-order valence-electron chi connectivity index (χ2n) is 4.78. The molecule has 2 rings (SSSR count). The lowest BCUT2D eigenvalue weighted by molar-refractivity contribution is 0.0169. The smallest absolute Gasteiger partial charge is 0.261 e. The normalized spacial score (nSPS) is 18.2. The Morgan fingerprint density at radius 1 is 1.60 bits per heavy atom. The molecule has 4 nitrogen and oxygen atoms in total. The van der Waals surface area contributed by atoms with Crippen LogP contribution < -0.4 is 5.32 Å². The molecule has 0 bridgehead atoms. The van der Waals surface area contributed by atoms with Crippen LogP contribution in [0.1, 0.15) is 39.4 Å². The molecule has 1 unspecified atom stereocenters. The third-order valence-corrected chi connectivity index (χ3v) is 4.34. The molecule has 20 heavy (non-hydrogen) atoms. The van der Waals surface area contributed by atoms with Gasteiger partial charge in [0.2, 0.25) is 0 Å². The van der Waals surface area contributed by atoms with Gasteiger partial charge in [0.25, 0.3) is 5.91 Å². The van der Waals surface area contributed by atoms with Crippen molar-refractivity contribution in [2.75, 3.05) is 19.8 Å². The lowest BCUT2D eigenvalue weighted by Gasteiger charge is -2.22. The maximum Gasteiger partial charge on any atom is 0.261 e. The summed E-state index contributed by atoms with van der Waals surface area (Å²) in [4.78, 5) is 13.6. The summed E-state index contributed by atoms with van der Waals surface area (Å²) in [6.07, 6.45) is 3.43. The summed E-state index contributed by atoms with van der Waals surface area (Å²) in [5, 5.41) is 11.6. The van der Waals surface area contributed by atoms with E-state index in [1.165, 1.54) is 17.8 Å². The van der Waals surface area contributed by atoms with E-state index in [2.05, 4.69) is 17.2 Å². The van der Waals surface area contributed by atoms with Gasteiger partial charge in [-0.25, -0.2) is 0 Å². The first-order valence-electron chi connectivity index (χ1n) is 6.80. The van der Waals surface area contributed by atoms with Gasteiger partial charge in [-0.1, -0.05) is 11.8 Å². The molecule has 1 aliphatic heterocycles. The zero-order chi connectivity index (χ0) is 14.4. The molecule has 0 aliphatic carbocycles. The number of rotatable bonds is 3. The zero-order valence-corrected chi connectivity index (χ0v) is 12.4. The topological polar surface area (TPSA) is 58.6 Å². The summed E-state index contributed by atoms with van der Waals surface area (Å²) in [5.74, 6) is 5.38. The number of hydrogen-bond donors (Lipinski definition) is 2. The minimum absolute atomic E-state index is 0.0793. The molecule has 1 aliphatic rings. The maximum absolute atomic E-state index is 12.1. The number of ether oxygens (including phenoxy) is 1. The minimum Gasteiger partial charge on any atom is -0.384 e. The molecule has 1 fully saturated rings. The number of aliphatic hydroxyl groups excluding tert-OH is 1. The molecule has 0 radical (unpaired) electrons. The lowest BCUT2D eigenvalue weighted by atomic mass is 10.1. The molecule has 1 saturated heterocycles. The Bertz CT molecular complexity index is 521. The van der Waals surface area contributed by atoms with E-state index in [0.717, 1.165) is 29.9 Å². The second kappa shape index (κ2) is 7.44. The fourth-order valence-corrected chi connectivity index (χ4v) is 3.06. The van der Waals surface area contributed by atoms with Gasteiger partial charge in [0, 0.05) is 13.2 Å². The van der Waals surface area contributed by atoms with Gasteiger partial charge in [0.05, 0.1) is 15.9 Å². The van der Waals surface area contributed by atoms with Crippen molar-refractivity contribution < 1.29 is 14.6 Å². The molecule has 0 spiro atoms. The monoisotopic (exact) mass is 293 g/mol. The number of carbonyl (C=O) groups excluding carboxylic acids is 1. The number of thiophene rings is 1. The maximum atomic E-state index is 12.1. The molecular formula is C15H19NO3S. The van der Waals surface area contributed by atoms with Crippen LogP contribution in [-0.4, -0.2) is 36.9 Å². The number of hydrogen-bond acceptors (Lipinski definition) is 4. The Hall–Kier alpha value is -1.35. The van der Waals surface area contributed by atoms with Crippen molar-refractivity contribution in [2.24, 2.45) is 0 Å². The standard InChI is InChI=1S/C15H19NO3S/c1-11-9-14(20-13(11)6-4-7-17)15(18)16-10-12-5-2-3-8-19-12/h9,12,17H,2-3,5,7-8,10H2,1H3,(H,16,18). The van der Waals surface area contributed by atoms with E-state index in [9.17, 15) is 4.79 Å². The fourth-order valence-electron chi connectivity index (χ4n) is 2.10. The molecule has 1 aromatic heterocycles. The summed E-state index contributed by atoms with van der Waals surface area (Å²) < 4.78 is 5.58. The van der Waals surface area contributed by atoms with Crippen LogP contribution >= 0.6 is 11.3 Å². The highest BCUT2D eigenvalue weighted by atomic mass is 32.1. The first-order valence-corrected chi connectivity index (χ1v) is 7.62. The van der Waals surface area contributed by atoms with Crippen LogP contribution in [-0.2, 0) is 4.74 Å². The minimum atomic E-state index is -0.169. The van der Waals surface area contributed by atoms with Gasteiger partial charge in [0.1, 0.15) is 6.61 Å². The highest BCUT2D eigenvalue weighted by molar-refractivity contribution is 7.14. The molecule has 1 amide bonds. The Morgan fingerprint density at radius 3 is 3.15 bits per heavy atom. The Kier molecular flexibility index (Phi) is 5.60. The average Bonchev–Trinajstić information content (AvgIpc) is 2.85. The van der Waals surface area contributed by atoms with Crippen molar-refractivity contribution in [1.29, 1.82) is 0 Å². The second-order valence-corrected chi connectivity index (χ2v) is 5.83. The van der Waals surface area contributed by atoms with Crippen LogP contribution in [0.2, 0.25) is 0 Å². The zero-order valence-electron chi connectivity index (χ0n) is 11.6. The summed E-state index contributed by atoms with van der Waals surface area (Å²) in [6, 6.07) is 1.84. The first-order chi connectivity index (χ1) is 9.70. The van der Waals surface area contributed by atoms with Crippen molar-refractivity contribution in [3.05, 3.63) is 21.4 Å². The Morgan fingerprint density at radius 2 is 2.45 bits per heavy atom. The molecule has 5 heteroatoms. The van der Waals surface area contributed by atoms with Crippen molar-refractivity contribution in [1.82, 2.24) is 5.32 Å². The first kappa shape index (κ1) is 15.0. The van der Waals surface area contributed by atoms with E-state index in [0.29, 0.717) is 11.4 Å². The lowest BCUT2D eigenvalue weighted by Crippen LogP contribution is -2.35. The largest absolute Gasteiger partial charge is 0.384 e. The van der Waals surface area contributed by atoms with Crippen LogP contribution in [0.25, 0.3) is 0 Å². The molecule has 2 N–H and O–H groups in total. The van der Waals surface area contributed by atoms with E-state index >= 15 is 0 Å². The van der Waals surface area contributed by atoms with E-state index in [-0.39, 0.29) is 18.6 Å². The predicted molar refractivity (Wildman–Crippen MR) is 78.9 cm³/mol. The molecule has 0 aromatic carbocycles. The van der Waals surface area contributed by atoms with E-state index in [1.54, 1.807) is 0 Å². The van der Waals surface area contributed by atoms with Crippen LogP contribution in [0, 0.1) is 18.8 Å². The van der Waals surface area contributed by atoms with E-state index in [4.69, 9.17) is 9.84 Å². The number of aliphatic hydroxyl groups is 1. The highest BCUT2D eigenvalue weighted by Crippen LogP contribution is 2.21. The Labute approximate surface area is 123 Å². The highest BCUT2D eigenvalue weighted by Gasteiger charge is 2.16. The van der Waals surface area contributed by atoms with E-state index in [1.807, 2.05) is 13.0 Å². The van der Waals surface area contributed by atoms with Gasteiger partial charge >= 0.3 is 0 Å². The average molecular weight is 293 g/mol. The fraction of sp³-hybridized carbons (Fsp3) is 0.533. The number of nitrogens with one attached hydrogen (secondary N) is 1. The Balaban J connectivity index is 1.91. The number of carbonyl (C=O) groups is 1. The molecule has 1 atom stereocenters. The summed E-state index contributed by atoms with van der Waals surface area (Å²) >= 11 is 1.36.